The lowest BCUT2D eigenvalue weighted by atomic mass is 9.96. The molecule has 4 amide bonds. The van der Waals surface area contributed by atoms with Gasteiger partial charge in [-0.2, -0.15) is 0 Å². The van der Waals surface area contributed by atoms with Gasteiger partial charge >= 0.3 is 6.03 Å². The number of carbonyl (C=O) groups is 3. The van der Waals surface area contributed by atoms with Crippen molar-refractivity contribution >= 4 is 46.7 Å². The van der Waals surface area contributed by atoms with Crippen LogP contribution in [0.1, 0.15) is 45.4 Å². The molecule has 1 fully saturated rings. The van der Waals surface area contributed by atoms with Gasteiger partial charge in [0.1, 0.15) is 0 Å². The highest BCUT2D eigenvalue weighted by atomic mass is 35.5. The smallest absolute Gasteiger partial charge is 0.321 e. The molecular weight excluding hydrogens is 415 g/mol. The lowest BCUT2D eigenvalue weighted by molar-refractivity contribution is -0.122. The summed E-state index contributed by atoms with van der Waals surface area (Å²) in [6, 6.07) is 4.44. The Balaban J connectivity index is 1.82. The number of benzene rings is 1. The predicted octanol–water partition coefficient (Wildman–Crippen LogP) is 3.80. The lowest BCUT2D eigenvalue weighted by Crippen LogP contribution is -2.48. The van der Waals surface area contributed by atoms with Crippen molar-refractivity contribution in [1.29, 1.82) is 0 Å². The third kappa shape index (κ3) is 8.60. The zero-order valence-corrected chi connectivity index (χ0v) is 18.1. The molecule has 0 atom stereocenters. The predicted molar refractivity (Wildman–Crippen MR) is 115 cm³/mol. The zero-order valence-electron chi connectivity index (χ0n) is 16.6. The Hall–Kier alpha value is -1.83. The minimum atomic E-state index is -0.476. The largest absolute Gasteiger partial charge is 0.335 e. The van der Waals surface area contributed by atoms with Gasteiger partial charge in [0.15, 0.2) is 0 Å². The van der Waals surface area contributed by atoms with Gasteiger partial charge in [0.05, 0.1) is 23.8 Å². The second-order valence-corrected chi connectivity index (χ2v) is 8.08. The zero-order chi connectivity index (χ0) is 21.2. The maximum atomic E-state index is 12.3. The second kappa shape index (κ2) is 12.0. The third-order valence-electron chi connectivity index (χ3n) is 4.67. The van der Waals surface area contributed by atoms with Gasteiger partial charge in [-0.1, -0.05) is 49.4 Å². The minimum absolute atomic E-state index is 0.00442. The molecule has 0 unspecified atom stereocenters. The summed E-state index contributed by atoms with van der Waals surface area (Å²) in [5, 5.41) is 8.73. The summed E-state index contributed by atoms with van der Waals surface area (Å²) in [7, 11) is 0. The van der Waals surface area contributed by atoms with E-state index in [1.165, 1.54) is 6.42 Å². The summed E-state index contributed by atoms with van der Waals surface area (Å²) in [6.45, 7) is 2.45. The molecule has 2 rings (SSSR count). The molecule has 0 saturated heterocycles. The number of anilines is 1. The van der Waals surface area contributed by atoms with Crippen LogP contribution >= 0.6 is 23.2 Å². The van der Waals surface area contributed by atoms with Crippen molar-refractivity contribution in [3.63, 3.8) is 0 Å². The van der Waals surface area contributed by atoms with Gasteiger partial charge in [-0.15, -0.1) is 0 Å². The molecule has 9 heteroatoms. The van der Waals surface area contributed by atoms with Gasteiger partial charge in [-0.3, -0.25) is 19.8 Å². The average Bonchev–Trinajstić information content (AvgIpc) is 2.64. The molecule has 0 spiro atoms. The fourth-order valence-electron chi connectivity index (χ4n) is 3.35. The van der Waals surface area contributed by atoms with Crippen LogP contribution in [0.15, 0.2) is 18.2 Å². The molecule has 0 radical (unpaired) electrons. The van der Waals surface area contributed by atoms with Crippen LogP contribution in [0.25, 0.3) is 0 Å². The van der Waals surface area contributed by atoms with Crippen LogP contribution in [0.5, 0.6) is 0 Å². The summed E-state index contributed by atoms with van der Waals surface area (Å²) < 4.78 is 0. The van der Waals surface area contributed by atoms with E-state index in [4.69, 9.17) is 23.2 Å². The topological polar surface area (TPSA) is 90.5 Å². The molecule has 29 heavy (non-hydrogen) atoms. The van der Waals surface area contributed by atoms with E-state index in [1.54, 1.807) is 23.1 Å². The van der Waals surface area contributed by atoms with E-state index in [0.717, 1.165) is 32.1 Å². The molecule has 3 N–H and O–H groups in total. The van der Waals surface area contributed by atoms with Crippen LogP contribution in [-0.4, -0.2) is 48.4 Å². The van der Waals surface area contributed by atoms with Crippen molar-refractivity contribution in [2.24, 2.45) is 0 Å². The highest BCUT2D eigenvalue weighted by Crippen LogP contribution is 2.25. The number of hydrogen-bond donors (Lipinski definition) is 3. The Morgan fingerprint density at radius 1 is 1.07 bits per heavy atom. The first-order chi connectivity index (χ1) is 13.9. The quantitative estimate of drug-likeness (QED) is 0.570. The SMILES string of the molecule is CCCN(CC(=O)NC(=O)NC1CCCCC1)CC(=O)Nc1ccc(Cl)cc1Cl. The first-order valence-electron chi connectivity index (χ1n) is 9.95. The van der Waals surface area contributed by atoms with E-state index < -0.39 is 11.9 Å². The monoisotopic (exact) mass is 442 g/mol. The first kappa shape index (κ1) is 23.4. The Morgan fingerprint density at radius 2 is 1.76 bits per heavy atom. The molecule has 160 valence electrons. The van der Waals surface area contributed by atoms with E-state index in [-0.39, 0.29) is 25.0 Å². The van der Waals surface area contributed by atoms with Crippen LogP contribution in [0, 0.1) is 0 Å². The molecule has 0 bridgehead atoms. The van der Waals surface area contributed by atoms with Gasteiger partial charge in [0.2, 0.25) is 11.8 Å². The van der Waals surface area contributed by atoms with E-state index in [2.05, 4.69) is 16.0 Å². The van der Waals surface area contributed by atoms with Crippen molar-refractivity contribution in [3.8, 4) is 0 Å². The van der Waals surface area contributed by atoms with Gasteiger partial charge in [-0.05, 0) is 44.0 Å². The fourth-order valence-corrected chi connectivity index (χ4v) is 3.81. The summed E-state index contributed by atoms with van der Waals surface area (Å²) >= 11 is 11.9. The molecule has 0 heterocycles. The first-order valence-corrected chi connectivity index (χ1v) is 10.7. The highest BCUT2D eigenvalue weighted by molar-refractivity contribution is 6.36. The summed E-state index contributed by atoms with van der Waals surface area (Å²) in [5.41, 5.74) is 0.453. The number of nitrogens with one attached hydrogen (secondary N) is 3. The van der Waals surface area contributed by atoms with Crippen LogP contribution in [0.2, 0.25) is 10.0 Å². The van der Waals surface area contributed by atoms with Crippen LogP contribution in [0.3, 0.4) is 0 Å². The minimum Gasteiger partial charge on any atom is -0.335 e. The van der Waals surface area contributed by atoms with Gasteiger partial charge < -0.3 is 10.6 Å². The standard InChI is InChI=1S/C20H28Cl2N4O3/c1-2-10-26(12-18(27)24-17-9-8-14(21)11-16(17)22)13-19(28)25-20(29)23-15-6-4-3-5-7-15/h8-9,11,15H,2-7,10,12-13H2,1H3,(H,24,27)(H2,23,25,28,29). The Labute approximate surface area is 181 Å². The number of carbonyl (C=O) groups excluding carboxylic acids is 3. The number of hydrogen-bond acceptors (Lipinski definition) is 4. The Morgan fingerprint density at radius 3 is 2.41 bits per heavy atom. The maximum absolute atomic E-state index is 12.3. The van der Waals surface area contributed by atoms with E-state index >= 15 is 0 Å². The molecule has 1 aliphatic carbocycles. The number of amides is 4. The van der Waals surface area contributed by atoms with E-state index in [9.17, 15) is 14.4 Å². The van der Waals surface area contributed by atoms with Crippen LogP contribution in [0.4, 0.5) is 10.5 Å². The molecule has 0 aliphatic heterocycles. The normalized spacial score (nSPS) is 14.5. The van der Waals surface area contributed by atoms with Crippen LogP contribution in [-0.2, 0) is 9.59 Å². The molecular formula is C20H28Cl2N4O3. The second-order valence-electron chi connectivity index (χ2n) is 7.24. The molecule has 7 nitrogen and oxygen atoms in total. The molecule has 1 saturated carbocycles. The number of halogens is 2. The van der Waals surface area contributed by atoms with E-state index in [1.807, 2.05) is 6.92 Å². The third-order valence-corrected chi connectivity index (χ3v) is 5.22. The van der Waals surface area contributed by atoms with Crippen molar-refractivity contribution < 1.29 is 14.4 Å². The Bertz CT molecular complexity index is 724. The number of rotatable bonds is 8. The van der Waals surface area contributed by atoms with Crippen molar-refractivity contribution in [2.75, 3.05) is 25.0 Å². The lowest BCUT2D eigenvalue weighted by Gasteiger charge is -2.23. The Kier molecular flexibility index (Phi) is 9.70. The van der Waals surface area contributed by atoms with Gasteiger partial charge in [0, 0.05) is 11.1 Å². The summed E-state index contributed by atoms with van der Waals surface area (Å²) in [6.07, 6.45) is 6.02. The summed E-state index contributed by atoms with van der Waals surface area (Å²) in [5.74, 6) is -0.744. The highest BCUT2D eigenvalue weighted by Gasteiger charge is 2.19. The number of urea groups is 1. The molecule has 0 aromatic heterocycles. The molecule has 1 aromatic carbocycles. The molecule has 1 aromatic rings. The average molecular weight is 443 g/mol. The molecule has 1 aliphatic rings. The van der Waals surface area contributed by atoms with Crippen molar-refractivity contribution in [3.05, 3.63) is 28.2 Å². The van der Waals surface area contributed by atoms with Crippen LogP contribution < -0.4 is 16.0 Å². The van der Waals surface area contributed by atoms with E-state index in [0.29, 0.717) is 22.3 Å². The van der Waals surface area contributed by atoms with Gasteiger partial charge in [0.25, 0.3) is 0 Å². The number of imide groups is 1. The van der Waals surface area contributed by atoms with Gasteiger partial charge in [-0.25, -0.2) is 4.79 Å². The number of nitrogens with zero attached hydrogens (tertiary/aromatic N) is 1. The fraction of sp³-hybridized carbons (Fsp3) is 0.550. The van der Waals surface area contributed by atoms with Crippen molar-refractivity contribution in [2.45, 2.75) is 51.5 Å². The summed E-state index contributed by atoms with van der Waals surface area (Å²) in [4.78, 5) is 38.3. The maximum Gasteiger partial charge on any atom is 0.321 e. The van der Waals surface area contributed by atoms with Crippen molar-refractivity contribution in [1.82, 2.24) is 15.5 Å².